The Morgan fingerprint density at radius 3 is 2.54 bits per heavy atom. The Kier molecular flexibility index (Phi) is 6.52. The van der Waals surface area contributed by atoms with Crippen molar-refractivity contribution in [3.05, 3.63) is 41.3 Å². The summed E-state index contributed by atoms with van der Waals surface area (Å²) in [6, 6.07) is 8.16. The third-order valence-electron chi connectivity index (χ3n) is 5.59. The van der Waals surface area contributed by atoms with Gasteiger partial charge < -0.3 is 19.6 Å². The molecule has 6 nitrogen and oxygen atoms in total. The van der Waals surface area contributed by atoms with E-state index in [1.165, 1.54) is 5.56 Å². The van der Waals surface area contributed by atoms with Crippen LogP contribution in [0, 0.1) is 12.3 Å². The van der Waals surface area contributed by atoms with Gasteiger partial charge in [0.05, 0.1) is 18.7 Å². The van der Waals surface area contributed by atoms with E-state index >= 15 is 0 Å². The number of carbonyl (C=O) groups is 1. The van der Waals surface area contributed by atoms with Crippen LogP contribution in [-0.4, -0.2) is 42.4 Å². The molecule has 0 spiro atoms. The number of amides is 1. The lowest BCUT2D eigenvalue weighted by Gasteiger charge is -2.35. The number of hydrogen-bond acceptors (Lipinski definition) is 5. The van der Waals surface area contributed by atoms with Crippen molar-refractivity contribution in [1.82, 2.24) is 10.3 Å². The Morgan fingerprint density at radius 2 is 1.93 bits per heavy atom. The van der Waals surface area contributed by atoms with E-state index in [1.54, 1.807) is 0 Å². The Balaban J connectivity index is 1.62. The molecule has 1 aromatic carbocycles. The van der Waals surface area contributed by atoms with Crippen molar-refractivity contribution in [3.8, 4) is 11.5 Å². The molecule has 2 N–H and O–H groups in total. The van der Waals surface area contributed by atoms with Gasteiger partial charge in [0.25, 0.3) is 0 Å². The lowest BCUT2D eigenvalue weighted by Crippen LogP contribution is -2.44. The van der Waals surface area contributed by atoms with Crippen LogP contribution in [-0.2, 0) is 16.0 Å². The minimum Gasteiger partial charge on any atom is -0.441 e. The van der Waals surface area contributed by atoms with Gasteiger partial charge >= 0.3 is 0 Å². The molecule has 3 rings (SSSR count). The first-order chi connectivity index (χ1) is 13.4. The van der Waals surface area contributed by atoms with Crippen LogP contribution in [0.4, 0.5) is 0 Å². The van der Waals surface area contributed by atoms with E-state index in [2.05, 4.69) is 36.3 Å². The van der Waals surface area contributed by atoms with Crippen molar-refractivity contribution in [2.24, 2.45) is 5.41 Å². The number of oxazole rings is 1. The minimum atomic E-state index is -0.282. The highest BCUT2D eigenvalue weighted by Gasteiger charge is 2.32. The molecular weight excluding hydrogens is 356 g/mol. The first kappa shape index (κ1) is 20.6. The van der Waals surface area contributed by atoms with E-state index in [0.717, 1.165) is 18.4 Å². The van der Waals surface area contributed by atoms with Gasteiger partial charge in [-0.15, -0.1) is 0 Å². The summed E-state index contributed by atoms with van der Waals surface area (Å²) in [5.74, 6) is 1.54. The van der Waals surface area contributed by atoms with Crippen LogP contribution in [0.25, 0.3) is 11.5 Å². The standard InChI is InChI=1S/C22H30N2O4/c1-15(2)17-4-6-18(7-5-17)21-24-19(16(3)28-21)12-20(26)23-13-22(14-25)8-10-27-11-9-22/h4-7,15,25H,8-14H2,1-3H3,(H,23,26). The van der Waals surface area contributed by atoms with Crippen LogP contribution < -0.4 is 5.32 Å². The molecule has 1 aromatic heterocycles. The Morgan fingerprint density at radius 1 is 1.25 bits per heavy atom. The third kappa shape index (κ3) is 4.80. The lowest BCUT2D eigenvalue weighted by molar-refractivity contribution is -0.121. The molecule has 0 bridgehead atoms. The van der Waals surface area contributed by atoms with E-state index in [9.17, 15) is 9.90 Å². The van der Waals surface area contributed by atoms with Gasteiger partial charge in [-0.3, -0.25) is 4.79 Å². The average Bonchev–Trinajstić information content (AvgIpc) is 3.07. The molecule has 1 saturated heterocycles. The number of benzene rings is 1. The summed E-state index contributed by atoms with van der Waals surface area (Å²) in [5, 5.41) is 12.7. The van der Waals surface area contributed by atoms with Crippen molar-refractivity contribution in [2.45, 2.75) is 46.0 Å². The molecule has 1 fully saturated rings. The zero-order valence-electron chi connectivity index (χ0n) is 17.0. The molecule has 0 saturated carbocycles. The predicted octanol–water partition coefficient (Wildman–Crippen LogP) is 3.22. The van der Waals surface area contributed by atoms with E-state index in [-0.39, 0.29) is 24.3 Å². The summed E-state index contributed by atoms with van der Waals surface area (Å²) in [7, 11) is 0. The van der Waals surface area contributed by atoms with Gasteiger partial charge in [-0.05, 0) is 43.4 Å². The van der Waals surface area contributed by atoms with Gasteiger partial charge in [-0.25, -0.2) is 4.98 Å². The molecule has 0 aliphatic carbocycles. The smallest absolute Gasteiger partial charge is 0.226 e. The van der Waals surface area contributed by atoms with Gasteiger partial charge in [0.1, 0.15) is 5.76 Å². The van der Waals surface area contributed by atoms with Crippen LogP contribution >= 0.6 is 0 Å². The molecule has 152 valence electrons. The maximum atomic E-state index is 12.4. The van der Waals surface area contributed by atoms with E-state index < -0.39 is 0 Å². The summed E-state index contributed by atoms with van der Waals surface area (Å²) < 4.78 is 11.2. The molecule has 6 heteroatoms. The molecular formula is C22H30N2O4. The van der Waals surface area contributed by atoms with Gasteiger partial charge in [0.15, 0.2) is 0 Å². The second kappa shape index (κ2) is 8.88. The number of aryl methyl sites for hydroxylation is 1. The Labute approximate surface area is 166 Å². The molecule has 2 heterocycles. The van der Waals surface area contributed by atoms with Crippen LogP contribution in [0.5, 0.6) is 0 Å². The first-order valence-electron chi connectivity index (χ1n) is 9.94. The number of nitrogens with zero attached hydrogens (tertiary/aromatic N) is 1. The maximum Gasteiger partial charge on any atom is 0.226 e. The van der Waals surface area contributed by atoms with Gasteiger partial charge in [-0.1, -0.05) is 26.0 Å². The SMILES string of the molecule is Cc1oc(-c2ccc(C(C)C)cc2)nc1CC(=O)NCC1(CO)CCOCC1. The summed E-state index contributed by atoms with van der Waals surface area (Å²) in [6.07, 6.45) is 1.67. The van der Waals surface area contributed by atoms with E-state index in [1.807, 2.05) is 19.1 Å². The Bertz CT molecular complexity index is 789. The maximum absolute atomic E-state index is 12.4. The zero-order valence-corrected chi connectivity index (χ0v) is 17.0. The highest BCUT2D eigenvalue weighted by Crippen LogP contribution is 2.29. The monoisotopic (exact) mass is 386 g/mol. The molecule has 28 heavy (non-hydrogen) atoms. The molecule has 2 aromatic rings. The third-order valence-corrected chi connectivity index (χ3v) is 5.59. The summed E-state index contributed by atoms with van der Waals surface area (Å²) in [6.45, 7) is 7.89. The summed E-state index contributed by atoms with van der Waals surface area (Å²) in [5.41, 5.74) is 2.53. The van der Waals surface area contributed by atoms with Crippen LogP contribution in [0.3, 0.4) is 0 Å². The van der Waals surface area contributed by atoms with Crippen molar-refractivity contribution < 1.29 is 19.1 Å². The number of carbonyl (C=O) groups excluding carboxylic acids is 1. The summed E-state index contributed by atoms with van der Waals surface area (Å²) in [4.78, 5) is 17.0. The highest BCUT2D eigenvalue weighted by atomic mass is 16.5. The van der Waals surface area contributed by atoms with Gasteiger partial charge in [0, 0.05) is 30.7 Å². The number of hydrogen-bond donors (Lipinski definition) is 2. The number of aliphatic hydroxyl groups excluding tert-OH is 1. The number of rotatable bonds is 7. The number of nitrogens with one attached hydrogen (secondary N) is 1. The molecule has 1 aliphatic rings. The topological polar surface area (TPSA) is 84.6 Å². The predicted molar refractivity (Wildman–Crippen MR) is 107 cm³/mol. The van der Waals surface area contributed by atoms with E-state index in [4.69, 9.17) is 9.15 Å². The normalized spacial score (nSPS) is 16.3. The van der Waals surface area contributed by atoms with Crippen molar-refractivity contribution in [1.29, 1.82) is 0 Å². The fourth-order valence-electron chi connectivity index (χ4n) is 3.42. The van der Waals surface area contributed by atoms with Crippen molar-refractivity contribution >= 4 is 5.91 Å². The van der Waals surface area contributed by atoms with E-state index in [0.29, 0.717) is 43.0 Å². The van der Waals surface area contributed by atoms with Crippen molar-refractivity contribution in [3.63, 3.8) is 0 Å². The van der Waals surface area contributed by atoms with Gasteiger partial charge in [-0.2, -0.15) is 0 Å². The second-order valence-corrected chi connectivity index (χ2v) is 8.02. The quantitative estimate of drug-likeness (QED) is 0.763. The van der Waals surface area contributed by atoms with Crippen LogP contribution in [0.2, 0.25) is 0 Å². The Hall–Kier alpha value is -2.18. The second-order valence-electron chi connectivity index (χ2n) is 8.02. The molecule has 1 amide bonds. The fraction of sp³-hybridized carbons (Fsp3) is 0.545. The highest BCUT2D eigenvalue weighted by molar-refractivity contribution is 5.78. The van der Waals surface area contributed by atoms with Crippen LogP contribution in [0.1, 0.15) is 49.6 Å². The lowest BCUT2D eigenvalue weighted by atomic mass is 9.81. The van der Waals surface area contributed by atoms with Gasteiger partial charge in [0.2, 0.25) is 11.8 Å². The largest absolute Gasteiger partial charge is 0.441 e. The zero-order chi connectivity index (χ0) is 20.1. The van der Waals surface area contributed by atoms with Crippen molar-refractivity contribution in [2.75, 3.05) is 26.4 Å². The number of aromatic nitrogens is 1. The molecule has 0 unspecified atom stereocenters. The fourth-order valence-corrected chi connectivity index (χ4v) is 3.42. The minimum absolute atomic E-state index is 0.0517. The number of aliphatic hydroxyl groups is 1. The first-order valence-corrected chi connectivity index (χ1v) is 9.94. The number of ether oxygens (including phenoxy) is 1. The molecule has 0 atom stereocenters. The molecule has 1 aliphatic heterocycles. The average molecular weight is 386 g/mol. The molecule has 0 radical (unpaired) electrons. The summed E-state index contributed by atoms with van der Waals surface area (Å²) >= 11 is 0. The van der Waals surface area contributed by atoms with Crippen LogP contribution in [0.15, 0.2) is 28.7 Å².